The van der Waals surface area contributed by atoms with Gasteiger partial charge in [0.15, 0.2) is 0 Å². The van der Waals surface area contributed by atoms with Gasteiger partial charge in [-0.3, -0.25) is 14.4 Å². The fraction of sp³-hybridized carbons (Fsp3) is 0.344. The van der Waals surface area contributed by atoms with E-state index in [0.717, 1.165) is 36.9 Å². The minimum atomic E-state index is -0.383. The number of amides is 3. The third-order valence-electron chi connectivity index (χ3n) is 7.89. The molecule has 4 N–H and O–H groups in total. The molecule has 0 aromatic heterocycles. The molecule has 0 unspecified atom stereocenters. The van der Waals surface area contributed by atoms with Crippen molar-refractivity contribution in [2.75, 3.05) is 36.4 Å². The number of aryl methyl sites for hydroxylation is 1. The molecule has 3 aromatic carbocycles. The van der Waals surface area contributed by atoms with E-state index in [1.807, 2.05) is 31.2 Å². The lowest BCUT2D eigenvalue weighted by Gasteiger charge is -2.37. The Morgan fingerprint density at radius 1 is 0.805 bits per heavy atom. The van der Waals surface area contributed by atoms with Gasteiger partial charge in [0, 0.05) is 55.0 Å². The van der Waals surface area contributed by atoms with E-state index in [1.165, 1.54) is 24.3 Å². The smallest absolute Gasteiger partial charge is 0.255 e. The molecule has 5 rings (SSSR count). The van der Waals surface area contributed by atoms with Gasteiger partial charge in [0.25, 0.3) is 17.7 Å². The number of nitrogens with one attached hydrogen (secondary N) is 2. The van der Waals surface area contributed by atoms with E-state index < -0.39 is 0 Å². The lowest BCUT2D eigenvalue weighted by atomic mass is 9.91. The quantitative estimate of drug-likeness (QED) is 0.418. The lowest BCUT2D eigenvalue weighted by molar-refractivity contribution is 0.0746. The third-order valence-corrected chi connectivity index (χ3v) is 7.89. The topological polar surface area (TPSA) is 108 Å². The van der Waals surface area contributed by atoms with Crippen molar-refractivity contribution in [2.45, 2.75) is 44.7 Å². The van der Waals surface area contributed by atoms with Crippen LogP contribution in [0.15, 0.2) is 66.7 Å². The van der Waals surface area contributed by atoms with Crippen LogP contribution in [-0.2, 0) is 0 Å². The monoisotopic (exact) mass is 557 g/mol. The molecule has 1 aliphatic heterocycles. The van der Waals surface area contributed by atoms with Crippen molar-refractivity contribution in [3.05, 3.63) is 94.8 Å². The van der Waals surface area contributed by atoms with Gasteiger partial charge in [0.2, 0.25) is 0 Å². The van der Waals surface area contributed by atoms with E-state index in [0.29, 0.717) is 48.6 Å². The molecular formula is C32H36FN5O3. The van der Waals surface area contributed by atoms with Gasteiger partial charge in [0.05, 0.1) is 11.4 Å². The summed E-state index contributed by atoms with van der Waals surface area (Å²) < 4.78 is 13.3. The van der Waals surface area contributed by atoms with Gasteiger partial charge in [-0.15, -0.1) is 0 Å². The second-order valence-corrected chi connectivity index (χ2v) is 10.9. The summed E-state index contributed by atoms with van der Waals surface area (Å²) in [7, 11) is 0. The van der Waals surface area contributed by atoms with Crippen molar-refractivity contribution in [2.24, 2.45) is 5.73 Å². The second-order valence-electron chi connectivity index (χ2n) is 10.9. The Morgan fingerprint density at radius 3 is 2.15 bits per heavy atom. The Kier molecular flexibility index (Phi) is 8.64. The molecule has 9 heteroatoms. The molecule has 1 saturated heterocycles. The highest BCUT2D eigenvalue weighted by Gasteiger charge is 2.26. The number of rotatable bonds is 6. The van der Waals surface area contributed by atoms with Crippen LogP contribution in [0.2, 0.25) is 0 Å². The molecular weight excluding hydrogens is 521 g/mol. The summed E-state index contributed by atoms with van der Waals surface area (Å²) in [5, 5.41) is 6.15. The Hall–Kier alpha value is -4.24. The zero-order chi connectivity index (χ0) is 28.9. The number of anilines is 2. The van der Waals surface area contributed by atoms with Gasteiger partial charge in [-0.05, 0) is 87.2 Å². The van der Waals surface area contributed by atoms with Gasteiger partial charge >= 0.3 is 0 Å². The molecule has 3 aromatic rings. The number of carbonyl (C=O) groups excluding carboxylic acids is 3. The fourth-order valence-electron chi connectivity index (χ4n) is 5.49. The summed E-state index contributed by atoms with van der Waals surface area (Å²) in [5.41, 5.74) is 9.74. The molecule has 1 aliphatic carbocycles. The van der Waals surface area contributed by atoms with Gasteiger partial charge in [-0.2, -0.15) is 0 Å². The second kappa shape index (κ2) is 12.5. The third kappa shape index (κ3) is 6.92. The van der Waals surface area contributed by atoms with Crippen LogP contribution in [0.4, 0.5) is 15.8 Å². The number of halogens is 1. The highest BCUT2D eigenvalue weighted by Crippen LogP contribution is 2.30. The van der Waals surface area contributed by atoms with E-state index in [2.05, 4.69) is 15.5 Å². The van der Waals surface area contributed by atoms with Crippen LogP contribution in [-0.4, -0.2) is 60.9 Å². The molecule has 0 radical (unpaired) electrons. The molecule has 0 bridgehead atoms. The van der Waals surface area contributed by atoms with Crippen molar-refractivity contribution in [3.63, 3.8) is 0 Å². The summed E-state index contributed by atoms with van der Waals surface area (Å²) in [6.45, 7) is 3.93. The first-order valence-electron chi connectivity index (χ1n) is 14.1. The van der Waals surface area contributed by atoms with Crippen LogP contribution in [0, 0.1) is 12.7 Å². The maximum Gasteiger partial charge on any atom is 0.255 e. The van der Waals surface area contributed by atoms with E-state index in [1.54, 1.807) is 23.1 Å². The number of nitrogens with zero attached hydrogens (tertiary/aromatic N) is 2. The largest absolute Gasteiger partial charge is 0.366 e. The first-order chi connectivity index (χ1) is 19.8. The first kappa shape index (κ1) is 28.3. The summed E-state index contributed by atoms with van der Waals surface area (Å²) >= 11 is 0. The van der Waals surface area contributed by atoms with Gasteiger partial charge < -0.3 is 26.2 Å². The minimum absolute atomic E-state index is 0.0824. The Morgan fingerprint density at radius 2 is 1.46 bits per heavy atom. The summed E-state index contributed by atoms with van der Waals surface area (Å²) in [6.07, 6.45) is 3.47. The average Bonchev–Trinajstić information content (AvgIpc) is 2.98. The zero-order valence-corrected chi connectivity index (χ0v) is 23.2. The molecule has 41 heavy (non-hydrogen) atoms. The van der Waals surface area contributed by atoms with Crippen LogP contribution in [0.5, 0.6) is 0 Å². The van der Waals surface area contributed by atoms with Crippen molar-refractivity contribution in [1.29, 1.82) is 0 Å². The number of carbonyl (C=O) groups is 3. The fourth-order valence-corrected chi connectivity index (χ4v) is 5.49. The molecule has 1 heterocycles. The molecule has 2 fully saturated rings. The minimum Gasteiger partial charge on any atom is -0.366 e. The highest BCUT2D eigenvalue weighted by molar-refractivity contribution is 6.07. The summed E-state index contributed by atoms with van der Waals surface area (Å²) in [4.78, 5) is 43.2. The SMILES string of the molecule is Cc1cccc(C(=O)Nc2cc(C(=O)NC3CCC(N)CC3)ccc2N2CCN(C(=O)c3ccc(F)cc3)CC2)c1. The number of hydrogen-bond donors (Lipinski definition) is 3. The standard InChI is InChI=1S/C32H36FN5O3/c1-21-3-2-4-23(19-21)31(40)36-28-20-24(30(39)35-27-12-10-26(34)11-13-27)7-14-29(28)37-15-17-38(18-16-37)32(41)22-5-8-25(33)9-6-22/h2-9,14,19-20,26-27H,10-13,15-18,34H2,1H3,(H,35,39)(H,36,40). The molecule has 0 spiro atoms. The maximum atomic E-state index is 13.3. The normalized spacial score (nSPS) is 19.0. The average molecular weight is 558 g/mol. The highest BCUT2D eigenvalue weighted by atomic mass is 19.1. The Labute approximate surface area is 239 Å². The maximum absolute atomic E-state index is 13.3. The number of hydrogen-bond acceptors (Lipinski definition) is 5. The van der Waals surface area contributed by atoms with E-state index in [9.17, 15) is 18.8 Å². The molecule has 0 atom stereocenters. The van der Waals surface area contributed by atoms with Crippen LogP contribution < -0.4 is 21.3 Å². The van der Waals surface area contributed by atoms with Crippen LogP contribution in [0.3, 0.4) is 0 Å². The van der Waals surface area contributed by atoms with Crippen molar-refractivity contribution in [1.82, 2.24) is 10.2 Å². The lowest BCUT2D eigenvalue weighted by Crippen LogP contribution is -2.49. The summed E-state index contributed by atoms with van der Waals surface area (Å²) in [6, 6.07) is 18.5. The molecule has 2 aliphatic rings. The van der Waals surface area contributed by atoms with Crippen LogP contribution in [0.1, 0.15) is 62.3 Å². The van der Waals surface area contributed by atoms with Gasteiger partial charge in [0.1, 0.15) is 5.82 Å². The number of piperazine rings is 1. The van der Waals surface area contributed by atoms with E-state index >= 15 is 0 Å². The Bertz CT molecular complexity index is 1410. The molecule has 214 valence electrons. The van der Waals surface area contributed by atoms with Crippen molar-refractivity contribution >= 4 is 29.1 Å². The van der Waals surface area contributed by atoms with Gasteiger partial charge in [-0.25, -0.2) is 4.39 Å². The van der Waals surface area contributed by atoms with Gasteiger partial charge in [-0.1, -0.05) is 17.7 Å². The summed E-state index contributed by atoms with van der Waals surface area (Å²) in [5.74, 6) is -0.975. The van der Waals surface area contributed by atoms with Crippen molar-refractivity contribution < 1.29 is 18.8 Å². The predicted molar refractivity (Wildman–Crippen MR) is 158 cm³/mol. The molecule has 3 amide bonds. The van der Waals surface area contributed by atoms with E-state index in [-0.39, 0.29) is 35.6 Å². The van der Waals surface area contributed by atoms with Crippen LogP contribution in [0.25, 0.3) is 0 Å². The number of benzene rings is 3. The Balaban J connectivity index is 1.34. The predicted octanol–water partition coefficient (Wildman–Crippen LogP) is 4.35. The van der Waals surface area contributed by atoms with E-state index in [4.69, 9.17) is 5.73 Å². The molecule has 1 saturated carbocycles. The van der Waals surface area contributed by atoms with Crippen LogP contribution >= 0.6 is 0 Å². The van der Waals surface area contributed by atoms with Crippen molar-refractivity contribution in [3.8, 4) is 0 Å². The first-order valence-corrected chi connectivity index (χ1v) is 14.1. The zero-order valence-electron chi connectivity index (χ0n) is 23.2. The molecule has 8 nitrogen and oxygen atoms in total. The number of nitrogens with two attached hydrogens (primary N) is 1.